The third-order valence-electron chi connectivity index (χ3n) is 1.48. The molecule has 0 radical (unpaired) electrons. The highest BCUT2D eigenvalue weighted by Crippen LogP contribution is 1.88. The smallest absolute Gasteiger partial charge is 0.303 e. The van der Waals surface area contributed by atoms with Crippen LogP contribution in [0.1, 0.15) is 23.5 Å². The number of H-pyrrole nitrogens is 1. The Morgan fingerprint density at radius 3 is 2.93 bits per heavy atom. The predicted octanol–water partition coefficient (Wildman–Crippen LogP) is -0.601. The third kappa shape index (κ3) is 3.21. The Kier molecular flexibility index (Phi) is 3.59. The Balaban J connectivity index is 2.19. The maximum absolute atomic E-state index is 11.2. The summed E-state index contributed by atoms with van der Waals surface area (Å²) in [6, 6.07) is 0. The Hall–Kier alpha value is -1.92. The largest absolute Gasteiger partial charge is 0.481 e. The van der Waals surface area contributed by atoms with Gasteiger partial charge >= 0.3 is 5.97 Å². The van der Waals surface area contributed by atoms with E-state index < -0.39 is 5.97 Å². The number of aromatic amines is 1. The molecule has 0 atom stereocenters. The van der Waals surface area contributed by atoms with Crippen LogP contribution in [0.2, 0.25) is 0 Å². The molecule has 0 bridgehead atoms. The van der Waals surface area contributed by atoms with Gasteiger partial charge in [-0.05, 0) is 6.42 Å². The van der Waals surface area contributed by atoms with E-state index in [0.717, 1.165) is 0 Å². The highest BCUT2D eigenvalue weighted by molar-refractivity contribution is 5.90. The van der Waals surface area contributed by atoms with Crippen molar-refractivity contribution in [2.75, 3.05) is 6.54 Å². The van der Waals surface area contributed by atoms with Gasteiger partial charge in [0.15, 0.2) is 0 Å². The topological polar surface area (TPSA) is 108 Å². The minimum Gasteiger partial charge on any atom is -0.481 e. The van der Waals surface area contributed by atoms with Gasteiger partial charge in [0.1, 0.15) is 6.33 Å². The van der Waals surface area contributed by atoms with Gasteiger partial charge in [-0.3, -0.25) is 14.7 Å². The van der Waals surface area contributed by atoms with Crippen molar-refractivity contribution in [3.63, 3.8) is 0 Å². The van der Waals surface area contributed by atoms with Crippen LogP contribution in [0.25, 0.3) is 0 Å². The van der Waals surface area contributed by atoms with Crippen LogP contribution < -0.4 is 5.32 Å². The molecule has 0 aliphatic rings. The number of carbonyl (C=O) groups is 2. The van der Waals surface area contributed by atoms with Gasteiger partial charge in [0.25, 0.3) is 5.91 Å². The Morgan fingerprint density at radius 1 is 1.57 bits per heavy atom. The van der Waals surface area contributed by atoms with E-state index in [9.17, 15) is 9.59 Å². The van der Waals surface area contributed by atoms with Crippen molar-refractivity contribution in [1.29, 1.82) is 0 Å². The second-order valence-corrected chi connectivity index (χ2v) is 2.59. The van der Waals surface area contributed by atoms with E-state index in [0.29, 0.717) is 13.0 Å². The second-order valence-electron chi connectivity index (χ2n) is 2.59. The zero-order chi connectivity index (χ0) is 10.4. The average Bonchev–Trinajstić information content (AvgIpc) is 2.64. The van der Waals surface area contributed by atoms with Gasteiger partial charge in [0.05, 0.1) is 0 Å². The summed E-state index contributed by atoms with van der Waals surface area (Å²) in [5.41, 5.74) is 0. The molecule has 7 nitrogen and oxygen atoms in total. The summed E-state index contributed by atoms with van der Waals surface area (Å²) in [4.78, 5) is 24.9. The molecule has 7 heteroatoms. The molecule has 0 unspecified atom stereocenters. The molecule has 0 aliphatic carbocycles. The SMILES string of the molecule is O=C(O)CCCNC(=O)c1ncn[nH]1. The summed E-state index contributed by atoms with van der Waals surface area (Å²) in [6.07, 6.45) is 1.66. The normalized spacial score (nSPS) is 9.71. The number of carboxylic acid groups (broad SMARTS) is 1. The van der Waals surface area contributed by atoms with Crippen LogP contribution >= 0.6 is 0 Å². The van der Waals surface area contributed by atoms with Crippen LogP contribution in [0.15, 0.2) is 6.33 Å². The molecule has 76 valence electrons. The van der Waals surface area contributed by atoms with E-state index in [1.807, 2.05) is 0 Å². The zero-order valence-corrected chi connectivity index (χ0v) is 7.36. The number of carbonyl (C=O) groups excluding carboxylic acids is 1. The molecule has 0 saturated heterocycles. The monoisotopic (exact) mass is 198 g/mol. The van der Waals surface area contributed by atoms with E-state index in [1.54, 1.807) is 0 Å². The number of nitrogens with one attached hydrogen (secondary N) is 2. The molecule has 0 aromatic carbocycles. The van der Waals surface area contributed by atoms with Crippen molar-refractivity contribution < 1.29 is 14.7 Å². The van der Waals surface area contributed by atoms with Crippen LogP contribution in [-0.2, 0) is 4.79 Å². The molecular formula is C7H10N4O3. The molecule has 1 heterocycles. The first kappa shape index (κ1) is 10.2. The van der Waals surface area contributed by atoms with Crippen LogP contribution in [0.4, 0.5) is 0 Å². The Bertz CT molecular complexity index is 309. The van der Waals surface area contributed by atoms with Crippen LogP contribution in [0, 0.1) is 0 Å². The number of carboxylic acids is 1. The van der Waals surface area contributed by atoms with Crippen molar-refractivity contribution >= 4 is 11.9 Å². The number of amides is 1. The molecular weight excluding hydrogens is 188 g/mol. The van der Waals surface area contributed by atoms with Gasteiger partial charge in [-0.25, -0.2) is 4.98 Å². The van der Waals surface area contributed by atoms with Gasteiger partial charge in [0, 0.05) is 13.0 Å². The van der Waals surface area contributed by atoms with Gasteiger partial charge in [-0.1, -0.05) is 0 Å². The fraction of sp³-hybridized carbons (Fsp3) is 0.429. The number of aliphatic carboxylic acids is 1. The average molecular weight is 198 g/mol. The lowest BCUT2D eigenvalue weighted by Crippen LogP contribution is -2.25. The highest BCUT2D eigenvalue weighted by atomic mass is 16.4. The van der Waals surface area contributed by atoms with Crippen molar-refractivity contribution in [2.45, 2.75) is 12.8 Å². The number of hydrogen-bond donors (Lipinski definition) is 3. The lowest BCUT2D eigenvalue weighted by atomic mass is 10.3. The predicted molar refractivity (Wildman–Crippen MR) is 45.6 cm³/mol. The van der Waals surface area contributed by atoms with Gasteiger partial charge in [0.2, 0.25) is 5.82 Å². The van der Waals surface area contributed by atoms with E-state index in [4.69, 9.17) is 5.11 Å². The van der Waals surface area contributed by atoms with Crippen molar-refractivity contribution in [2.24, 2.45) is 0 Å². The van der Waals surface area contributed by atoms with Gasteiger partial charge in [-0.15, -0.1) is 0 Å². The first-order valence-corrected chi connectivity index (χ1v) is 4.05. The summed E-state index contributed by atoms with van der Waals surface area (Å²) in [6.45, 7) is 0.311. The molecule has 3 N–H and O–H groups in total. The van der Waals surface area contributed by atoms with E-state index in [1.165, 1.54) is 6.33 Å². The van der Waals surface area contributed by atoms with E-state index >= 15 is 0 Å². The molecule has 1 aromatic heterocycles. The Labute approximate surface area is 79.5 Å². The molecule has 1 amide bonds. The lowest BCUT2D eigenvalue weighted by molar-refractivity contribution is -0.137. The maximum atomic E-state index is 11.2. The molecule has 0 saturated carbocycles. The molecule has 0 fully saturated rings. The number of rotatable bonds is 5. The molecule has 0 spiro atoms. The minimum atomic E-state index is -0.876. The van der Waals surface area contributed by atoms with Crippen molar-refractivity contribution in [3.8, 4) is 0 Å². The van der Waals surface area contributed by atoms with Gasteiger partial charge in [-0.2, -0.15) is 5.10 Å². The van der Waals surface area contributed by atoms with Crippen molar-refractivity contribution in [1.82, 2.24) is 20.5 Å². The highest BCUT2D eigenvalue weighted by Gasteiger charge is 2.07. The molecule has 0 aliphatic heterocycles. The molecule has 1 aromatic rings. The number of hydrogen-bond acceptors (Lipinski definition) is 4. The van der Waals surface area contributed by atoms with Crippen LogP contribution in [0.5, 0.6) is 0 Å². The fourth-order valence-corrected chi connectivity index (χ4v) is 0.840. The first-order valence-electron chi connectivity index (χ1n) is 4.05. The number of aromatic nitrogens is 3. The Morgan fingerprint density at radius 2 is 2.36 bits per heavy atom. The first-order chi connectivity index (χ1) is 6.70. The van der Waals surface area contributed by atoms with Crippen molar-refractivity contribution in [3.05, 3.63) is 12.2 Å². The summed E-state index contributed by atoms with van der Waals surface area (Å²) < 4.78 is 0. The quantitative estimate of drug-likeness (QED) is 0.547. The summed E-state index contributed by atoms with van der Waals surface area (Å²) in [5, 5.41) is 16.7. The fourth-order valence-electron chi connectivity index (χ4n) is 0.840. The standard InChI is InChI=1S/C7H10N4O3/c12-5(13)2-1-3-8-7(14)6-9-4-10-11-6/h4H,1-3H2,(H,8,14)(H,12,13)(H,9,10,11). The summed E-state index contributed by atoms with van der Waals surface area (Å²) in [5.74, 6) is -1.13. The maximum Gasteiger partial charge on any atom is 0.303 e. The summed E-state index contributed by atoms with van der Waals surface area (Å²) in [7, 11) is 0. The molecule has 1 rings (SSSR count). The van der Waals surface area contributed by atoms with Gasteiger partial charge < -0.3 is 10.4 Å². The van der Waals surface area contributed by atoms with Crippen LogP contribution in [0.3, 0.4) is 0 Å². The lowest BCUT2D eigenvalue weighted by Gasteiger charge is -2.00. The number of nitrogens with zero attached hydrogens (tertiary/aromatic N) is 2. The minimum absolute atomic E-state index is 0.0384. The second kappa shape index (κ2) is 4.95. The molecule has 14 heavy (non-hydrogen) atoms. The third-order valence-corrected chi connectivity index (χ3v) is 1.48. The summed E-state index contributed by atoms with van der Waals surface area (Å²) >= 11 is 0. The van der Waals surface area contributed by atoms with E-state index in [2.05, 4.69) is 20.5 Å². The van der Waals surface area contributed by atoms with E-state index in [-0.39, 0.29) is 18.2 Å². The van der Waals surface area contributed by atoms with Crippen LogP contribution in [-0.4, -0.2) is 38.7 Å². The zero-order valence-electron chi connectivity index (χ0n) is 7.36.